The molecule has 4 rings (SSSR count). The number of thiazole rings is 1. The predicted molar refractivity (Wildman–Crippen MR) is 116 cm³/mol. The van der Waals surface area contributed by atoms with Crippen LogP contribution in [0.4, 0.5) is 5.95 Å². The Bertz CT molecular complexity index is 996. The molecule has 29 heavy (non-hydrogen) atoms. The number of carbonyl (C=O) groups excluding carboxylic acids is 1. The second-order valence-electron chi connectivity index (χ2n) is 7.33. The van der Waals surface area contributed by atoms with Gasteiger partial charge in [0.15, 0.2) is 0 Å². The molecule has 1 aliphatic rings. The van der Waals surface area contributed by atoms with E-state index in [2.05, 4.69) is 25.2 Å². The van der Waals surface area contributed by atoms with E-state index in [9.17, 15) is 4.79 Å². The lowest BCUT2D eigenvalue weighted by molar-refractivity contribution is 0.0953. The number of amides is 1. The molecule has 0 bridgehead atoms. The minimum absolute atomic E-state index is 0.113. The highest BCUT2D eigenvalue weighted by Crippen LogP contribution is 2.27. The van der Waals surface area contributed by atoms with Gasteiger partial charge in [0, 0.05) is 24.3 Å². The Labute approximate surface area is 175 Å². The lowest BCUT2D eigenvalue weighted by Crippen LogP contribution is -2.31. The molecule has 3 aromatic rings. The number of nitrogens with zero attached hydrogens (tertiary/aromatic N) is 4. The summed E-state index contributed by atoms with van der Waals surface area (Å²) in [6.45, 7) is 6.22. The van der Waals surface area contributed by atoms with Gasteiger partial charge in [-0.1, -0.05) is 30.3 Å². The van der Waals surface area contributed by atoms with E-state index in [1.54, 1.807) is 0 Å². The van der Waals surface area contributed by atoms with Gasteiger partial charge in [0.1, 0.15) is 9.88 Å². The molecule has 2 aromatic heterocycles. The predicted octanol–water partition coefficient (Wildman–Crippen LogP) is 4.14. The van der Waals surface area contributed by atoms with E-state index in [1.807, 2.05) is 50.2 Å². The van der Waals surface area contributed by atoms with Gasteiger partial charge in [0.05, 0.1) is 17.9 Å². The van der Waals surface area contributed by atoms with Crippen LogP contribution in [0.25, 0.3) is 10.6 Å². The highest BCUT2D eigenvalue weighted by atomic mass is 32.1. The van der Waals surface area contributed by atoms with E-state index in [1.165, 1.54) is 30.6 Å². The molecular weight excluding hydrogens is 382 g/mol. The molecule has 7 heteroatoms. The maximum atomic E-state index is 12.8. The average Bonchev–Trinajstić information content (AvgIpc) is 3.15. The Morgan fingerprint density at radius 3 is 2.59 bits per heavy atom. The molecule has 3 heterocycles. The highest BCUT2D eigenvalue weighted by Gasteiger charge is 2.18. The van der Waals surface area contributed by atoms with Crippen LogP contribution in [-0.4, -0.2) is 33.9 Å². The number of aromatic nitrogens is 3. The summed E-state index contributed by atoms with van der Waals surface area (Å²) < 4.78 is 0. The van der Waals surface area contributed by atoms with Gasteiger partial charge in [-0.2, -0.15) is 0 Å². The molecule has 0 atom stereocenters. The van der Waals surface area contributed by atoms with Gasteiger partial charge < -0.3 is 10.2 Å². The maximum absolute atomic E-state index is 12.8. The molecule has 6 nitrogen and oxygen atoms in total. The van der Waals surface area contributed by atoms with Crippen molar-refractivity contribution in [2.24, 2.45) is 0 Å². The van der Waals surface area contributed by atoms with Crippen LogP contribution in [0.15, 0.2) is 36.4 Å². The van der Waals surface area contributed by atoms with Crippen LogP contribution in [0.3, 0.4) is 0 Å². The van der Waals surface area contributed by atoms with E-state index < -0.39 is 0 Å². The first-order chi connectivity index (χ1) is 14.1. The highest BCUT2D eigenvalue weighted by molar-refractivity contribution is 7.17. The van der Waals surface area contributed by atoms with E-state index >= 15 is 0 Å². The van der Waals surface area contributed by atoms with Gasteiger partial charge >= 0.3 is 0 Å². The monoisotopic (exact) mass is 407 g/mol. The zero-order valence-electron chi connectivity index (χ0n) is 16.8. The lowest BCUT2D eigenvalue weighted by atomic mass is 10.1. The second kappa shape index (κ2) is 8.69. The number of rotatable bonds is 5. The molecule has 1 aliphatic heterocycles. The smallest absolute Gasteiger partial charge is 0.263 e. The molecule has 0 aliphatic carbocycles. The molecule has 0 spiro atoms. The number of aryl methyl sites for hydroxylation is 2. The van der Waals surface area contributed by atoms with Gasteiger partial charge in [-0.15, -0.1) is 11.3 Å². The van der Waals surface area contributed by atoms with Crippen LogP contribution in [0.2, 0.25) is 0 Å². The number of anilines is 1. The molecule has 1 amide bonds. The fraction of sp³-hybridized carbons (Fsp3) is 0.364. The van der Waals surface area contributed by atoms with Crippen molar-refractivity contribution in [2.45, 2.75) is 39.7 Å². The molecule has 1 saturated heterocycles. The fourth-order valence-electron chi connectivity index (χ4n) is 3.51. The van der Waals surface area contributed by atoms with E-state index in [-0.39, 0.29) is 5.91 Å². The summed E-state index contributed by atoms with van der Waals surface area (Å²) in [5.74, 6) is 0.659. The van der Waals surface area contributed by atoms with Crippen LogP contribution in [0, 0.1) is 13.8 Å². The summed E-state index contributed by atoms with van der Waals surface area (Å²) >= 11 is 1.42. The zero-order chi connectivity index (χ0) is 20.2. The van der Waals surface area contributed by atoms with Gasteiger partial charge in [0.25, 0.3) is 5.91 Å². The molecule has 150 valence electrons. The standard InChI is InChI=1S/C22H25N5OS/c1-15-13-18(26-22(24-15)27-11-7-4-8-12-27)14-23-20(28)19-16(2)25-21(29-19)17-9-5-3-6-10-17/h3,5-6,9-10,13H,4,7-8,11-12,14H2,1-2H3,(H,23,28). The van der Waals surface area contributed by atoms with Crippen molar-refractivity contribution < 1.29 is 4.79 Å². The van der Waals surface area contributed by atoms with Crippen LogP contribution >= 0.6 is 11.3 Å². The lowest BCUT2D eigenvalue weighted by Gasteiger charge is -2.27. The van der Waals surface area contributed by atoms with E-state index in [0.29, 0.717) is 11.4 Å². The van der Waals surface area contributed by atoms with E-state index in [0.717, 1.165) is 46.7 Å². The minimum Gasteiger partial charge on any atom is -0.346 e. The van der Waals surface area contributed by atoms with Crippen molar-refractivity contribution in [2.75, 3.05) is 18.0 Å². The Morgan fingerprint density at radius 1 is 1.07 bits per heavy atom. The summed E-state index contributed by atoms with van der Waals surface area (Å²) in [6.07, 6.45) is 3.62. The molecule has 1 fully saturated rings. The summed E-state index contributed by atoms with van der Waals surface area (Å²) in [4.78, 5) is 29.5. The SMILES string of the molecule is Cc1cc(CNC(=O)c2sc(-c3ccccc3)nc2C)nc(N2CCCCC2)n1. The average molecular weight is 408 g/mol. The van der Waals surface area contributed by atoms with Crippen LogP contribution < -0.4 is 10.2 Å². The van der Waals surface area contributed by atoms with Crippen molar-refractivity contribution in [3.05, 3.63) is 58.4 Å². The van der Waals surface area contributed by atoms with Crippen molar-refractivity contribution >= 4 is 23.2 Å². The topological polar surface area (TPSA) is 71.0 Å². The first kappa shape index (κ1) is 19.5. The molecule has 0 unspecified atom stereocenters. The summed E-state index contributed by atoms with van der Waals surface area (Å²) in [5.41, 5.74) is 3.53. The van der Waals surface area contributed by atoms with E-state index in [4.69, 9.17) is 0 Å². The first-order valence-electron chi connectivity index (χ1n) is 10.0. The third-order valence-corrected chi connectivity index (χ3v) is 6.19. The fourth-order valence-corrected chi connectivity index (χ4v) is 4.49. The molecule has 1 N–H and O–H groups in total. The van der Waals surface area contributed by atoms with Crippen LogP contribution in [0.1, 0.15) is 46.0 Å². The van der Waals surface area contributed by atoms with Crippen molar-refractivity contribution in [1.29, 1.82) is 0 Å². The number of hydrogen-bond acceptors (Lipinski definition) is 6. The minimum atomic E-state index is -0.113. The molecular formula is C22H25N5OS. The Hall–Kier alpha value is -2.80. The first-order valence-corrected chi connectivity index (χ1v) is 10.8. The second-order valence-corrected chi connectivity index (χ2v) is 8.33. The maximum Gasteiger partial charge on any atom is 0.263 e. The third-order valence-electron chi connectivity index (χ3n) is 4.99. The number of hydrogen-bond donors (Lipinski definition) is 1. The number of carbonyl (C=O) groups is 1. The summed E-state index contributed by atoms with van der Waals surface area (Å²) in [5, 5.41) is 3.86. The van der Waals surface area contributed by atoms with Gasteiger partial charge in [-0.05, 0) is 39.2 Å². The number of nitrogens with one attached hydrogen (secondary N) is 1. The van der Waals surface area contributed by atoms with Crippen LogP contribution in [0.5, 0.6) is 0 Å². The van der Waals surface area contributed by atoms with Crippen molar-refractivity contribution in [1.82, 2.24) is 20.3 Å². The summed E-state index contributed by atoms with van der Waals surface area (Å²) in [7, 11) is 0. The Balaban J connectivity index is 1.46. The Kier molecular flexibility index (Phi) is 5.85. The molecule has 0 radical (unpaired) electrons. The summed E-state index contributed by atoms with van der Waals surface area (Å²) in [6, 6.07) is 11.9. The quantitative estimate of drug-likeness (QED) is 0.688. The normalized spacial score (nSPS) is 14.1. The molecule has 0 saturated carbocycles. The third kappa shape index (κ3) is 4.62. The van der Waals surface area contributed by atoms with Crippen molar-refractivity contribution in [3.63, 3.8) is 0 Å². The van der Waals surface area contributed by atoms with Gasteiger partial charge in [-0.25, -0.2) is 15.0 Å². The number of piperidine rings is 1. The van der Waals surface area contributed by atoms with Gasteiger partial charge in [0.2, 0.25) is 5.95 Å². The van der Waals surface area contributed by atoms with Crippen LogP contribution in [-0.2, 0) is 6.54 Å². The van der Waals surface area contributed by atoms with Crippen molar-refractivity contribution in [3.8, 4) is 10.6 Å². The molecule has 1 aromatic carbocycles. The number of benzene rings is 1. The largest absolute Gasteiger partial charge is 0.346 e. The zero-order valence-corrected chi connectivity index (χ0v) is 17.6. The van der Waals surface area contributed by atoms with Gasteiger partial charge in [-0.3, -0.25) is 4.79 Å². The Morgan fingerprint density at radius 2 is 1.83 bits per heavy atom.